The summed E-state index contributed by atoms with van der Waals surface area (Å²) in [5.41, 5.74) is 0.0562. The van der Waals surface area contributed by atoms with Crippen LogP contribution in [0.4, 0.5) is 0 Å². The summed E-state index contributed by atoms with van der Waals surface area (Å²) < 4.78 is 0. The fourth-order valence-electron chi connectivity index (χ4n) is 3.28. The highest BCUT2D eigenvalue weighted by atomic mass is 35.5. The molecule has 5 nitrogen and oxygen atoms in total. The second-order valence-corrected chi connectivity index (χ2v) is 7.38. The second-order valence-electron chi connectivity index (χ2n) is 6.94. The Kier molecular flexibility index (Phi) is 6.03. The molecular formula is C22H20ClNO4. The molecule has 0 unspecified atom stereocenters. The number of hydrogen-bond acceptors (Lipinski definition) is 3. The van der Waals surface area contributed by atoms with Crippen molar-refractivity contribution in [3.05, 3.63) is 70.2 Å². The number of hydrogen-bond donors (Lipinski definition) is 3. The first kappa shape index (κ1) is 19.9. The predicted octanol–water partition coefficient (Wildman–Crippen LogP) is 3.49. The summed E-state index contributed by atoms with van der Waals surface area (Å²) in [5, 5.41) is 23.3. The van der Waals surface area contributed by atoms with E-state index in [1.807, 2.05) is 6.07 Å². The first-order chi connectivity index (χ1) is 13.3. The van der Waals surface area contributed by atoms with Gasteiger partial charge >= 0.3 is 5.97 Å². The van der Waals surface area contributed by atoms with Gasteiger partial charge in [-0.1, -0.05) is 29.5 Å². The Morgan fingerprint density at radius 2 is 1.86 bits per heavy atom. The lowest BCUT2D eigenvalue weighted by atomic mass is 9.82. The molecule has 0 saturated heterocycles. The van der Waals surface area contributed by atoms with Gasteiger partial charge in [-0.05, 0) is 61.7 Å². The van der Waals surface area contributed by atoms with Gasteiger partial charge in [-0.2, -0.15) is 0 Å². The average molecular weight is 398 g/mol. The molecule has 0 spiro atoms. The van der Waals surface area contributed by atoms with Gasteiger partial charge in [0.25, 0.3) is 5.91 Å². The number of nitrogens with one attached hydrogen (secondary N) is 1. The van der Waals surface area contributed by atoms with Crippen LogP contribution < -0.4 is 5.32 Å². The molecule has 1 aliphatic rings. The molecule has 0 aromatic heterocycles. The van der Waals surface area contributed by atoms with Gasteiger partial charge in [0.1, 0.15) is 5.60 Å². The maximum Gasteiger partial charge on any atom is 0.335 e. The van der Waals surface area contributed by atoms with Crippen molar-refractivity contribution in [1.29, 1.82) is 0 Å². The minimum absolute atomic E-state index is 0.125. The van der Waals surface area contributed by atoms with E-state index < -0.39 is 11.6 Å². The molecule has 1 aliphatic carbocycles. The number of carbonyl (C=O) groups is 2. The molecule has 0 heterocycles. The van der Waals surface area contributed by atoms with Crippen LogP contribution in [0.2, 0.25) is 5.02 Å². The minimum atomic E-state index is -1.17. The molecule has 2 atom stereocenters. The lowest BCUT2D eigenvalue weighted by molar-refractivity contribution is 0.0452. The van der Waals surface area contributed by atoms with Crippen molar-refractivity contribution in [2.24, 2.45) is 0 Å². The topological polar surface area (TPSA) is 86.6 Å². The molecule has 3 N–H and O–H groups in total. The van der Waals surface area contributed by atoms with E-state index >= 15 is 0 Å². The van der Waals surface area contributed by atoms with Crippen molar-refractivity contribution in [3.63, 3.8) is 0 Å². The van der Waals surface area contributed by atoms with Crippen LogP contribution in [0.15, 0.2) is 48.5 Å². The molecule has 0 bridgehead atoms. The summed E-state index contributed by atoms with van der Waals surface area (Å²) in [6.07, 6.45) is 2.36. The summed E-state index contributed by atoms with van der Waals surface area (Å²) in [6, 6.07) is 12.7. The van der Waals surface area contributed by atoms with E-state index in [4.69, 9.17) is 16.7 Å². The lowest BCUT2D eigenvalue weighted by Crippen LogP contribution is -2.45. The summed E-state index contributed by atoms with van der Waals surface area (Å²) >= 11 is 5.96. The van der Waals surface area contributed by atoms with Crippen molar-refractivity contribution < 1.29 is 19.8 Å². The first-order valence-electron chi connectivity index (χ1n) is 9.00. The van der Waals surface area contributed by atoms with Crippen LogP contribution in [0.3, 0.4) is 0 Å². The van der Waals surface area contributed by atoms with Crippen molar-refractivity contribution >= 4 is 23.5 Å². The molecule has 1 saturated carbocycles. The Balaban J connectivity index is 1.66. The predicted molar refractivity (Wildman–Crippen MR) is 106 cm³/mol. The van der Waals surface area contributed by atoms with Gasteiger partial charge in [0.15, 0.2) is 0 Å². The smallest absolute Gasteiger partial charge is 0.335 e. The zero-order valence-corrected chi connectivity index (χ0v) is 15.9. The van der Waals surface area contributed by atoms with Gasteiger partial charge < -0.3 is 15.5 Å². The highest BCUT2D eigenvalue weighted by Gasteiger charge is 2.33. The summed E-state index contributed by atoms with van der Waals surface area (Å²) in [5.74, 6) is 4.56. The van der Waals surface area contributed by atoms with E-state index in [9.17, 15) is 14.7 Å². The van der Waals surface area contributed by atoms with Crippen molar-refractivity contribution in [3.8, 4) is 11.8 Å². The van der Waals surface area contributed by atoms with Crippen LogP contribution in [-0.4, -0.2) is 33.7 Å². The molecule has 0 radical (unpaired) electrons. The summed E-state index contributed by atoms with van der Waals surface area (Å²) in [4.78, 5) is 23.3. The van der Waals surface area contributed by atoms with Crippen LogP contribution in [-0.2, 0) is 0 Å². The van der Waals surface area contributed by atoms with Crippen molar-refractivity contribution in [1.82, 2.24) is 5.32 Å². The van der Waals surface area contributed by atoms with Gasteiger partial charge in [-0.25, -0.2) is 4.79 Å². The number of benzene rings is 2. The number of amides is 1. The molecule has 2 aromatic carbocycles. The van der Waals surface area contributed by atoms with Crippen LogP contribution in [0.25, 0.3) is 0 Å². The first-order valence-corrected chi connectivity index (χ1v) is 9.38. The number of aromatic carboxylic acids is 1. The van der Waals surface area contributed by atoms with Crippen LogP contribution in [0.5, 0.6) is 0 Å². The molecular weight excluding hydrogens is 378 g/mol. The number of carboxylic acids is 1. The second kappa shape index (κ2) is 8.47. The van der Waals surface area contributed by atoms with Crippen LogP contribution in [0, 0.1) is 11.8 Å². The third kappa shape index (κ3) is 5.13. The maximum atomic E-state index is 12.4. The zero-order chi connectivity index (χ0) is 20.1. The van der Waals surface area contributed by atoms with Gasteiger partial charge in [0, 0.05) is 28.6 Å². The zero-order valence-electron chi connectivity index (χ0n) is 15.1. The molecule has 28 heavy (non-hydrogen) atoms. The van der Waals surface area contributed by atoms with E-state index in [1.54, 1.807) is 18.2 Å². The fourth-order valence-corrected chi connectivity index (χ4v) is 3.47. The van der Waals surface area contributed by atoms with Gasteiger partial charge in [-0.3, -0.25) is 4.79 Å². The summed E-state index contributed by atoms with van der Waals surface area (Å²) in [7, 11) is 0. The highest BCUT2D eigenvalue weighted by Crippen LogP contribution is 2.28. The SMILES string of the molecule is O=C(O)c1ccc(C(=O)N[C@H]2CCC[C@@](O)(C#Cc3cccc(Cl)c3)C2)cc1. The Morgan fingerprint density at radius 1 is 1.14 bits per heavy atom. The van der Waals surface area contributed by atoms with E-state index in [2.05, 4.69) is 17.2 Å². The molecule has 144 valence electrons. The lowest BCUT2D eigenvalue weighted by Gasteiger charge is -2.33. The third-order valence-corrected chi connectivity index (χ3v) is 4.96. The molecule has 2 aromatic rings. The standard InChI is InChI=1S/C22H20ClNO4/c23-18-4-1-3-15(13-18)10-12-22(28)11-2-5-19(14-22)24-20(25)16-6-8-17(9-7-16)21(26)27/h1,3-4,6-9,13,19,28H,2,5,11,14H2,(H,24,25)(H,26,27)/t19-,22+/m0/s1. The quantitative estimate of drug-likeness (QED) is 0.692. The number of aliphatic hydroxyl groups is 1. The van der Waals surface area contributed by atoms with E-state index in [1.165, 1.54) is 24.3 Å². The fraction of sp³-hybridized carbons (Fsp3) is 0.273. The van der Waals surface area contributed by atoms with Gasteiger partial charge in [0.05, 0.1) is 5.56 Å². The third-order valence-electron chi connectivity index (χ3n) is 4.72. The van der Waals surface area contributed by atoms with Crippen LogP contribution in [0.1, 0.15) is 52.0 Å². The largest absolute Gasteiger partial charge is 0.478 e. The maximum absolute atomic E-state index is 12.4. The molecule has 3 rings (SSSR count). The monoisotopic (exact) mass is 397 g/mol. The van der Waals surface area contributed by atoms with Crippen LogP contribution >= 0.6 is 11.6 Å². The molecule has 0 aliphatic heterocycles. The van der Waals surface area contributed by atoms with E-state index in [-0.39, 0.29) is 17.5 Å². The Hall–Kier alpha value is -2.81. The number of carbonyl (C=O) groups excluding carboxylic acids is 1. The Bertz CT molecular complexity index is 945. The average Bonchev–Trinajstić information content (AvgIpc) is 2.67. The number of halogens is 1. The summed E-state index contributed by atoms with van der Waals surface area (Å²) in [6.45, 7) is 0. The minimum Gasteiger partial charge on any atom is -0.478 e. The molecule has 6 heteroatoms. The van der Waals surface area contributed by atoms with Gasteiger partial charge in [-0.15, -0.1) is 0 Å². The van der Waals surface area contributed by atoms with Crippen molar-refractivity contribution in [2.45, 2.75) is 37.3 Å². The number of carboxylic acid groups (broad SMARTS) is 1. The normalized spacial score (nSPS) is 21.3. The number of rotatable bonds is 3. The Morgan fingerprint density at radius 3 is 2.54 bits per heavy atom. The van der Waals surface area contributed by atoms with E-state index in [0.717, 1.165) is 18.4 Å². The van der Waals surface area contributed by atoms with Gasteiger partial charge in [0.2, 0.25) is 0 Å². The Labute approximate surface area is 168 Å². The molecule has 1 fully saturated rings. The molecule has 1 amide bonds. The van der Waals surface area contributed by atoms with Crippen molar-refractivity contribution in [2.75, 3.05) is 0 Å². The highest BCUT2D eigenvalue weighted by molar-refractivity contribution is 6.30. The van der Waals surface area contributed by atoms with E-state index in [0.29, 0.717) is 23.4 Å².